The zero-order chi connectivity index (χ0) is 21.2. The number of esters is 1. The molecule has 29 heavy (non-hydrogen) atoms. The number of carbonyl (C=O) groups excluding carboxylic acids is 1. The third-order valence-electron chi connectivity index (χ3n) is 4.52. The van der Waals surface area contributed by atoms with E-state index in [2.05, 4.69) is 9.88 Å². The van der Waals surface area contributed by atoms with Crippen LogP contribution >= 0.6 is 0 Å². The van der Waals surface area contributed by atoms with Gasteiger partial charge in [0, 0.05) is 38.1 Å². The van der Waals surface area contributed by atoms with Crippen LogP contribution in [0.15, 0.2) is 42.6 Å². The number of piperazine rings is 1. The lowest BCUT2D eigenvalue weighted by atomic mass is 10.1. The highest BCUT2D eigenvalue weighted by Gasteiger charge is 2.31. The Balaban J connectivity index is 1.67. The first-order valence-electron chi connectivity index (χ1n) is 9.39. The average Bonchev–Trinajstić information content (AvgIpc) is 2.66. The number of alkyl halides is 3. The van der Waals surface area contributed by atoms with Crippen LogP contribution in [0.3, 0.4) is 0 Å². The molecule has 0 amide bonds. The van der Waals surface area contributed by atoms with Crippen LogP contribution in [0, 0.1) is 0 Å². The standard InChI is InChI=1S/C21H24F3N3O2/c1-20(2,3)29-19(28)15-5-4-6-17(13-15)26-9-11-27(12-10-26)18-14-16(7-8-25-18)21(22,23)24/h4-8,13-14H,9-12H2,1-3H3. The van der Waals surface area contributed by atoms with Crippen LogP contribution < -0.4 is 9.80 Å². The summed E-state index contributed by atoms with van der Waals surface area (Å²) < 4.78 is 44.2. The van der Waals surface area contributed by atoms with E-state index in [4.69, 9.17) is 4.74 Å². The Bertz CT molecular complexity index is 870. The molecule has 156 valence electrons. The average molecular weight is 407 g/mol. The molecule has 1 aromatic carbocycles. The fourth-order valence-electron chi connectivity index (χ4n) is 3.13. The first kappa shape index (κ1) is 21.0. The number of rotatable bonds is 3. The number of carbonyl (C=O) groups is 1. The van der Waals surface area contributed by atoms with E-state index in [0.29, 0.717) is 37.6 Å². The van der Waals surface area contributed by atoms with Crippen LogP contribution in [-0.4, -0.2) is 42.7 Å². The third kappa shape index (κ3) is 5.40. The summed E-state index contributed by atoms with van der Waals surface area (Å²) in [7, 11) is 0. The Morgan fingerprint density at radius 3 is 2.28 bits per heavy atom. The van der Waals surface area contributed by atoms with Gasteiger partial charge in [-0.15, -0.1) is 0 Å². The second-order valence-corrected chi connectivity index (χ2v) is 7.93. The van der Waals surface area contributed by atoms with E-state index in [0.717, 1.165) is 17.8 Å². The topological polar surface area (TPSA) is 45.7 Å². The first-order valence-corrected chi connectivity index (χ1v) is 9.39. The Morgan fingerprint density at radius 2 is 1.66 bits per heavy atom. The minimum atomic E-state index is -4.39. The molecule has 0 N–H and O–H groups in total. The number of aromatic nitrogens is 1. The van der Waals surface area contributed by atoms with E-state index in [9.17, 15) is 18.0 Å². The Kier molecular flexibility index (Phi) is 5.73. The molecule has 8 heteroatoms. The van der Waals surface area contributed by atoms with E-state index in [1.54, 1.807) is 18.2 Å². The van der Waals surface area contributed by atoms with Gasteiger partial charge in [0.2, 0.25) is 0 Å². The molecule has 0 spiro atoms. The van der Waals surface area contributed by atoms with Crippen molar-refractivity contribution >= 4 is 17.5 Å². The predicted octanol–water partition coefficient (Wildman–Crippen LogP) is 4.38. The van der Waals surface area contributed by atoms with Crippen LogP contribution in [0.4, 0.5) is 24.7 Å². The zero-order valence-corrected chi connectivity index (χ0v) is 16.7. The molecule has 0 bridgehead atoms. The Hall–Kier alpha value is -2.77. The number of hydrogen-bond acceptors (Lipinski definition) is 5. The maximum atomic E-state index is 12.9. The van der Waals surface area contributed by atoms with Gasteiger partial charge in [0.05, 0.1) is 11.1 Å². The molecule has 1 aliphatic heterocycles. The molecule has 0 aliphatic carbocycles. The summed E-state index contributed by atoms with van der Waals surface area (Å²) in [5.41, 5.74) is 0.0795. The summed E-state index contributed by atoms with van der Waals surface area (Å²) in [5, 5.41) is 0. The van der Waals surface area contributed by atoms with Crippen molar-refractivity contribution in [2.45, 2.75) is 32.5 Å². The fourth-order valence-corrected chi connectivity index (χ4v) is 3.13. The number of anilines is 2. The molecule has 2 heterocycles. The van der Waals surface area contributed by atoms with Crippen molar-refractivity contribution in [2.75, 3.05) is 36.0 Å². The van der Waals surface area contributed by atoms with Crippen molar-refractivity contribution in [3.05, 3.63) is 53.7 Å². The molecular weight excluding hydrogens is 383 g/mol. The molecule has 5 nitrogen and oxygen atoms in total. The normalized spacial score (nSPS) is 15.4. The molecule has 0 saturated carbocycles. The molecule has 0 unspecified atom stereocenters. The van der Waals surface area contributed by atoms with Crippen LogP contribution in [0.25, 0.3) is 0 Å². The van der Waals surface area contributed by atoms with Gasteiger partial charge in [-0.25, -0.2) is 9.78 Å². The van der Waals surface area contributed by atoms with Gasteiger partial charge >= 0.3 is 12.1 Å². The van der Waals surface area contributed by atoms with Crippen molar-refractivity contribution in [1.29, 1.82) is 0 Å². The first-order chi connectivity index (χ1) is 13.5. The van der Waals surface area contributed by atoms with Gasteiger partial charge in [-0.2, -0.15) is 13.2 Å². The molecule has 3 rings (SSSR count). The lowest BCUT2D eigenvalue weighted by molar-refractivity contribution is -0.137. The molecule has 2 aromatic rings. The molecule has 0 radical (unpaired) electrons. The van der Waals surface area contributed by atoms with Gasteiger partial charge in [0.25, 0.3) is 0 Å². The van der Waals surface area contributed by atoms with E-state index < -0.39 is 17.3 Å². The van der Waals surface area contributed by atoms with Gasteiger partial charge in [-0.1, -0.05) is 6.07 Å². The monoisotopic (exact) mass is 407 g/mol. The van der Waals surface area contributed by atoms with Gasteiger partial charge in [-0.3, -0.25) is 0 Å². The highest BCUT2D eigenvalue weighted by molar-refractivity contribution is 5.90. The quantitative estimate of drug-likeness (QED) is 0.707. The maximum absolute atomic E-state index is 12.9. The van der Waals surface area contributed by atoms with Crippen molar-refractivity contribution in [1.82, 2.24) is 4.98 Å². The largest absolute Gasteiger partial charge is 0.456 e. The Labute approximate surface area is 168 Å². The van der Waals surface area contributed by atoms with E-state index in [1.165, 1.54) is 6.20 Å². The third-order valence-corrected chi connectivity index (χ3v) is 4.52. The highest BCUT2D eigenvalue weighted by Crippen LogP contribution is 2.31. The molecular formula is C21H24F3N3O2. The number of halogens is 3. The second-order valence-electron chi connectivity index (χ2n) is 7.93. The summed E-state index contributed by atoms with van der Waals surface area (Å²) in [5.74, 6) is -0.0619. The lowest BCUT2D eigenvalue weighted by Gasteiger charge is -2.37. The van der Waals surface area contributed by atoms with Gasteiger partial charge in [0.15, 0.2) is 0 Å². The minimum absolute atomic E-state index is 0.321. The molecule has 1 aliphatic rings. The summed E-state index contributed by atoms with van der Waals surface area (Å²) in [6, 6.07) is 9.26. The molecule has 1 aromatic heterocycles. The number of pyridine rings is 1. The summed E-state index contributed by atoms with van der Waals surface area (Å²) in [6.45, 7) is 7.72. The van der Waals surface area contributed by atoms with Crippen LogP contribution in [0.1, 0.15) is 36.7 Å². The van der Waals surface area contributed by atoms with Crippen LogP contribution in [0.2, 0.25) is 0 Å². The van der Waals surface area contributed by atoms with E-state index in [1.807, 2.05) is 31.7 Å². The summed E-state index contributed by atoms with van der Waals surface area (Å²) >= 11 is 0. The molecule has 1 saturated heterocycles. The zero-order valence-electron chi connectivity index (χ0n) is 16.7. The van der Waals surface area contributed by atoms with Crippen LogP contribution in [0.5, 0.6) is 0 Å². The number of ether oxygens (including phenoxy) is 1. The van der Waals surface area contributed by atoms with Gasteiger partial charge in [0.1, 0.15) is 11.4 Å². The van der Waals surface area contributed by atoms with Crippen molar-refractivity contribution in [2.24, 2.45) is 0 Å². The number of benzene rings is 1. The fraction of sp³-hybridized carbons (Fsp3) is 0.429. The lowest BCUT2D eigenvalue weighted by Crippen LogP contribution is -2.47. The van der Waals surface area contributed by atoms with Crippen LogP contribution in [-0.2, 0) is 10.9 Å². The van der Waals surface area contributed by atoms with Crippen molar-refractivity contribution < 1.29 is 22.7 Å². The SMILES string of the molecule is CC(C)(C)OC(=O)c1cccc(N2CCN(c3cc(C(F)(F)F)ccn3)CC2)c1. The Morgan fingerprint density at radius 1 is 1.00 bits per heavy atom. The molecule has 0 atom stereocenters. The van der Waals surface area contributed by atoms with Gasteiger partial charge in [-0.05, 0) is 51.1 Å². The summed E-state index contributed by atoms with van der Waals surface area (Å²) in [4.78, 5) is 20.3. The maximum Gasteiger partial charge on any atom is 0.416 e. The summed E-state index contributed by atoms with van der Waals surface area (Å²) in [6.07, 6.45) is -3.20. The molecule has 1 fully saturated rings. The van der Waals surface area contributed by atoms with Crippen molar-refractivity contribution in [3.8, 4) is 0 Å². The van der Waals surface area contributed by atoms with Crippen molar-refractivity contribution in [3.63, 3.8) is 0 Å². The van der Waals surface area contributed by atoms with Gasteiger partial charge < -0.3 is 14.5 Å². The highest BCUT2D eigenvalue weighted by atomic mass is 19.4. The van der Waals surface area contributed by atoms with E-state index >= 15 is 0 Å². The predicted molar refractivity (Wildman–Crippen MR) is 105 cm³/mol. The number of hydrogen-bond donors (Lipinski definition) is 0. The second kappa shape index (κ2) is 7.93. The smallest absolute Gasteiger partial charge is 0.416 e. The minimum Gasteiger partial charge on any atom is -0.456 e. The number of nitrogens with zero attached hydrogens (tertiary/aromatic N) is 3. The van der Waals surface area contributed by atoms with E-state index in [-0.39, 0.29) is 5.97 Å².